The quantitative estimate of drug-likeness (QED) is 0.676. The van der Waals surface area contributed by atoms with E-state index in [-0.39, 0.29) is 0 Å². The standard InChI is InChI=1S/C22H30NO2/c1-23(2)21(17-24-15-19-9-5-3-6-10-19)13-14-22(23)18-25-16-20-11-7-4-8-12-20/h3-12,21-22H,13-18H2,1-2H3/q+1/t21-,22-/m0/s1. The van der Waals surface area contributed by atoms with E-state index in [4.69, 9.17) is 9.47 Å². The molecular weight excluding hydrogens is 310 g/mol. The van der Waals surface area contributed by atoms with Crippen molar-refractivity contribution in [3.05, 3.63) is 71.8 Å². The first-order chi connectivity index (χ1) is 12.2. The lowest BCUT2D eigenvalue weighted by Gasteiger charge is -2.37. The van der Waals surface area contributed by atoms with Gasteiger partial charge in [0.1, 0.15) is 12.1 Å². The van der Waals surface area contributed by atoms with Gasteiger partial charge in [0.2, 0.25) is 0 Å². The third kappa shape index (κ3) is 4.91. The highest BCUT2D eigenvalue weighted by Crippen LogP contribution is 2.30. The second-order valence-electron chi connectivity index (χ2n) is 7.52. The van der Waals surface area contributed by atoms with Crippen molar-refractivity contribution >= 4 is 0 Å². The van der Waals surface area contributed by atoms with E-state index < -0.39 is 0 Å². The molecule has 3 rings (SSSR count). The van der Waals surface area contributed by atoms with Gasteiger partial charge in [-0.05, 0) is 11.1 Å². The number of rotatable bonds is 8. The number of hydrogen-bond donors (Lipinski definition) is 0. The second kappa shape index (κ2) is 8.61. The van der Waals surface area contributed by atoms with Gasteiger partial charge in [0.05, 0.1) is 40.5 Å². The topological polar surface area (TPSA) is 18.5 Å². The van der Waals surface area contributed by atoms with Crippen LogP contribution < -0.4 is 0 Å². The molecule has 1 aliphatic heterocycles. The fraction of sp³-hybridized carbons (Fsp3) is 0.455. The molecule has 1 fully saturated rings. The Labute approximate surface area is 151 Å². The number of quaternary nitrogens is 1. The van der Waals surface area contributed by atoms with E-state index >= 15 is 0 Å². The van der Waals surface area contributed by atoms with Crippen molar-refractivity contribution in [1.82, 2.24) is 0 Å². The van der Waals surface area contributed by atoms with E-state index in [2.05, 4.69) is 62.6 Å². The Kier molecular flexibility index (Phi) is 6.24. The summed E-state index contributed by atoms with van der Waals surface area (Å²) in [5.74, 6) is 0. The van der Waals surface area contributed by atoms with E-state index in [9.17, 15) is 0 Å². The largest absolute Gasteiger partial charge is 0.371 e. The molecule has 1 heterocycles. The van der Waals surface area contributed by atoms with Crippen molar-refractivity contribution < 1.29 is 14.0 Å². The molecular formula is C22H30NO2+. The number of likely N-dealkylation sites (N-methyl/N-ethyl adjacent to an activating group) is 1. The Balaban J connectivity index is 1.43. The van der Waals surface area contributed by atoms with Crippen molar-refractivity contribution in [2.75, 3.05) is 27.3 Å². The maximum absolute atomic E-state index is 6.00. The molecule has 1 saturated heterocycles. The number of hydrogen-bond acceptors (Lipinski definition) is 2. The summed E-state index contributed by atoms with van der Waals surface area (Å²) < 4.78 is 13.0. The maximum atomic E-state index is 6.00. The van der Waals surface area contributed by atoms with Gasteiger partial charge in [-0.3, -0.25) is 0 Å². The first-order valence-corrected chi connectivity index (χ1v) is 9.23. The van der Waals surface area contributed by atoms with E-state index in [0.29, 0.717) is 25.3 Å². The van der Waals surface area contributed by atoms with Gasteiger partial charge in [-0.15, -0.1) is 0 Å². The lowest BCUT2D eigenvalue weighted by molar-refractivity contribution is -0.926. The van der Waals surface area contributed by atoms with Crippen molar-refractivity contribution in [2.45, 2.75) is 38.1 Å². The van der Waals surface area contributed by atoms with Crippen molar-refractivity contribution in [3.8, 4) is 0 Å². The summed E-state index contributed by atoms with van der Waals surface area (Å²) in [7, 11) is 4.64. The predicted octanol–water partition coefficient (Wildman–Crippen LogP) is 4.03. The van der Waals surface area contributed by atoms with E-state index in [1.54, 1.807) is 0 Å². The smallest absolute Gasteiger partial charge is 0.113 e. The van der Waals surface area contributed by atoms with Crippen LogP contribution in [-0.4, -0.2) is 43.9 Å². The third-order valence-electron chi connectivity index (χ3n) is 5.56. The van der Waals surface area contributed by atoms with Gasteiger partial charge >= 0.3 is 0 Å². The Hall–Kier alpha value is -1.68. The summed E-state index contributed by atoms with van der Waals surface area (Å²) in [4.78, 5) is 0. The molecule has 134 valence electrons. The van der Waals surface area contributed by atoms with Crippen LogP contribution in [0, 0.1) is 0 Å². The zero-order valence-corrected chi connectivity index (χ0v) is 15.4. The average Bonchev–Trinajstić information content (AvgIpc) is 2.91. The number of likely N-dealkylation sites (tertiary alicyclic amines) is 1. The molecule has 1 aliphatic rings. The van der Waals surface area contributed by atoms with Crippen molar-refractivity contribution in [1.29, 1.82) is 0 Å². The first kappa shape index (κ1) is 18.1. The normalized spacial score (nSPS) is 22.2. The molecule has 0 radical (unpaired) electrons. The zero-order valence-electron chi connectivity index (χ0n) is 15.4. The minimum Gasteiger partial charge on any atom is -0.371 e. The highest BCUT2D eigenvalue weighted by Gasteiger charge is 2.42. The SMILES string of the molecule is C[N+]1(C)[C@H](COCc2ccccc2)CC[C@H]1COCc1ccccc1. The predicted molar refractivity (Wildman–Crippen MR) is 101 cm³/mol. The molecule has 0 N–H and O–H groups in total. The van der Waals surface area contributed by atoms with Gasteiger partial charge < -0.3 is 14.0 Å². The minimum atomic E-state index is 0.550. The maximum Gasteiger partial charge on any atom is 0.113 e. The van der Waals surface area contributed by atoms with Gasteiger partial charge in [-0.1, -0.05) is 60.7 Å². The van der Waals surface area contributed by atoms with Gasteiger partial charge in [0.25, 0.3) is 0 Å². The summed E-state index contributed by atoms with van der Waals surface area (Å²) in [6.45, 7) is 3.03. The van der Waals surface area contributed by atoms with Gasteiger partial charge in [-0.2, -0.15) is 0 Å². The van der Waals surface area contributed by atoms with Crippen LogP contribution >= 0.6 is 0 Å². The Morgan fingerprint density at radius 3 is 1.52 bits per heavy atom. The lowest BCUT2D eigenvalue weighted by Crippen LogP contribution is -2.53. The third-order valence-corrected chi connectivity index (χ3v) is 5.56. The van der Waals surface area contributed by atoms with Crippen LogP contribution in [0.5, 0.6) is 0 Å². The van der Waals surface area contributed by atoms with Gasteiger partial charge in [0.15, 0.2) is 0 Å². The van der Waals surface area contributed by atoms with Crippen LogP contribution in [0.4, 0.5) is 0 Å². The van der Waals surface area contributed by atoms with Crippen LogP contribution in [0.1, 0.15) is 24.0 Å². The second-order valence-corrected chi connectivity index (χ2v) is 7.52. The summed E-state index contributed by atoms with van der Waals surface area (Å²) in [5.41, 5.74) is 2.49. The van der Waals surface area contributed by atoms with Gasteiger partial charge in [0, 0.05) is 12.8 Å². The summed E-state index contributed by atoms with van der Waals surface area (Å²) in [6, 6.07) is 21.9. The molecule has 0 aliphatic carbocycles. The monoisotopic (exact) mass is 340 g/mol. The molecule has 25 heavy (non-hydrogen) atoms. The van der Waals surface area contributed by atoms with Crippen LogP contribution in [0.2, 0.25) is 0 Å². The van der Waals surface area contributed by atoms with E-state index in [0.717, 1.165) is 17.7 Å². The molecule has 0 unspecified atom stereocenters. The van der Waals surface area contributed by atoms with E-state index in [1.807, 2.05) is 12.1 Å². The fourth-order valence-electron chi connectivity index (χ4n) is 3.67. The van der Waals surface area contributed by atoms with E-state index in [1.165, 1.54) is 24.0 Å². The Bertz CT molecular complexity index is 571. The zero-order chi connectivity index (χ0) is 17.5. The molecule has 0 aromatic heterocycles. The molecule has 0 amide bonds. The molecule has 3 heteroatoms. The van der Waals surface area contributed by atoms with Crippen LogP contribution in [0.15, 0.2) is 60.7 Å². The molecule has 2 aromatic rings. The summed E-state index contributed by atoms with van der Waals surface area (Å²) >= 11 is 0. The summed E-state index contributed by atoms with van der Waals surface area (Å²) in [6.07, 6.45) is 2.42. The molecule has 2 aromatic carbocycles. The molecule has 0 spiro atoms. The van der Waals surface area contributed by atoms with Crippen LogP contribution in [0.25, 0.3) is 0 Å². The number of ether oxygens (including phenoxy) is 2. The molecule has 0 saturated carbocycles. The fourth-order valence-corrected chi connectivity index (χ4v) is 3.67. The number of nitrogens with zero attached hydrogens (tertiary/aromatic N) is 1. The summed E-state index contributed by atoms with van der Waals surface area (Å²) in [5, 5.41) is 0. The first-order valence-electron chi connectivity index (χ1n) is 9.23. The molecule has 3 nitrogen and oxygen atoms in total. The number of benzene rings is 2. The molecule has 2 atom stereocenters. The Morgan fingerprint density at radius 1 is 0.720 bits per heavy atom. The Morgan fingerprint density at radius 2 is 1.12 bits per heavy atom. The van der Waals surface area contributed by atoms with Gasteiger partial charge in [-0.25, -0.2) is 0 Å². The van der Waals surface area contributed by atoms with Crippen molar-refractivity contribution in [2.24, 2.45) is 0 Å². The highest BCUT2D eigenvalue weighted by atomic mass is 16.5. The average molecular weight is 340 g/mol. The lowest BCUT2D eigenvalue weighted by atomic mass is 10.2. The minimum absolute atomic E-state index is 0.550. The van der Waals surface area contributed by atoms with Crippen LogP contribution in [0.3, 0.4) is 0 Å². The molecule has 0 bridgehead atoms. The van der Waals surface area contributed by atoms with Crippen molar-refractivity contribution in [3.63, 3.8) is 0 Å². The van der Waals surface area contributed by atoms with Crippen LogP contribution in [-0.2, 0) is 22.7 Å². The highest BCUT2D eigenvalue weighted by molar-refractivity contribution is 5.14.